The van der Waals surface area contributed by atoms with E-state index in [2.05, 4.69) is 14.8 Å². The van der Waals surface area contributed by atoms with Crippen LogP contribution >= 0.6 is 11.3 Å². The van der Waals surface area contributed by atoms with Crippen molar-refractivity contribution in [3.05, 3.63) is 16.1 Å². The van der Waals surface area contributed by atoms with Gasteiger partial charge in [0.05, 0.1) is 16.6 Å². The van der Waals surface area contributed by atoms with Crippen LogP contribution in [0.5, 0.6) is 0 Å². The predicted octanol–water partition coefficient (Wildman–Crippen LogP) is 2.21. The third kappa shape index (κ3) is 2.61. The van der Waals surface area contributed by atoms with Crippen molar-refractivity contribution < 1.29 is 9.90 Å². The van der Waals surface area contributed by atoms with Crippen molar-refractivity contribution in [3.63, 3.8) is 0 Å². The van der Waals surface area contributed by atoms with E-state index in [4.69, 9.17) is 0 Å². The van der Waals surface area contributed by atoms with Crippen LogP contribution in [-0.4, -0.2) is 58.1 Å². The van der Waals surface area contributed by atoms with Gasteiger partial charge in [0, 0.05) is 49.6 Å². The normalized spacial score (nSPS) is 32.7. The average molecular weight is 335 g/mol. The second-order valence-electron chi connectivity index (χ2n) is 7.56. The zero-order valence-electron chi connectivity index (χ0n) is 13.7. The summed E-state index contributed by atoms with van der Waals surface area (Å²) in [5, 5.41) is 9.97. The Labute approximate surface area is 141 Å². The van der Waals surface area contributed by atoms with Crippen molar-refractivity contribution in [3.8, 4) is 0 Å². The standard InChI is InChI=1S/C17H25N3O2S/c1-12-15(23-11-18-12)8-19-6-13-7-20(14-4-2-3-5-14)10-17(13,9-19)16(21)22/h11,13-14H,2-10H2,1H3,(H,21,22)/t13-,17-/m0/s1. The lowest BCUT2D eigenvalue weighted by Gasteiger charge is -2.28. The molecule has 2 saturated heterocycles. The third-order valence-corrected chi connectivity index (χ3v) is 7.10. The molecule has 126 valence electrons. The molecule has 6 heteroatoms. The van der Waals surface area contributed by atoms with Crippen LogP contribution in [0.25, 0.3) is 0 Å². The fourth-order valence-corrected chi connectivity index (χ4v) is 5.68. The van der Waals surface area contributed by atoms with Gasteiger partial charge >= 0.3 is 5.97 Å². The van der Waals surface area contributed by atoms with Crippen LogP contribution in [0.2, 0.25) is 0 Å². The van der Waals surface area contributed by atoms with Gasteiger partial charge in [-0.3, -0.25) is 14.6 Å². The van der Waals surface area contributed by atoms with Gasteiger partial charge in [-0.2, -0.15) is 0 Å². The van der Waals surface area contributed by atoms with Crippen LogP contribution < -0.4 is 0 Å². The molecule has 3 aliphatic rings. The molecule has 0 amide bonds. The zero-order valence-corrected chi connectivity index (χ0v) is 14.5. The molecule has 1 aliphatic carbocycles. The SMILES string of the molecule is Cc1ncsc1CN1C[C@H]2CN(C3CCCC3)C[C@@]2(C(=O)O)C1. The molecule has 1 N–H and O–H groups in total. The molecular weight excluding hydrogens is 310 g/mol. The first-order valence-corrected chi connectivity index (χ1v) is 9.55. The molecule has 3 heterocycles. The molecule has 2 atom stereocenters. The number of aryl methyl sites for hydroxylation is 1. The van der Waals surface area contributed by atoms with Crippen molar-refractivity contribution in [2.45, 2.75) is 45.2 Å². The zero-order chi connectivity index (χ0) is 16.0. The second-order valence-corrected chi connectivity index (χ2v) is 8.50. The van der Waals surface area contributed by atoms with Crippen LogP contribution in [0.4, 0.5) is 0 Å². The lowest BCUT2D eigenvalue weighted by Crippen LogP contribution is -2.42. The fourth-order valence-electron chi connectivity index (χ4n) is 4.86. The quantitative estimate of drug-likeness (QED) is 0.914. The van der Waals surface area contributed by atoms with E-state index in [-0.39, 0.29) is 5.92 Å². The first-order chi connectivity index (χ1) is 11.1. The maximum atomic E-state index is 12.1. The molecule has 2 aliphatic heterocycles. The van der Waals surface area contributed by atoms with E-state index in [0.717, 1.165) is 31.9 Å². The molecular formula is C17H25N3O2S. The van der Waals surface area contributed by atoms with Crippen molar-refractivity contribution in [2.24, 2.45) is 11.3 Å². The minimum Gasteiger partial charge on any atom is -0.481 e. The van der Waals surface area contributed by atoms with E-state index in [1.807, 2.05) is 12.4 Å². The van der Waals surface area contributed by atoms with Gasteiger partial charge in [-0.25, -0.2) is 4.98 Å². The first-order valence-electron chi connectivity index (χ1n) is 8.67. The Morgan fingerprint density at radius 3 is 2.78 bits per heavy atom. The average Bonchev–Trinajstić information content (AvgIpc) is 3.23. The van der Waals surface area contributed by atoms with Gasteiger partial charge in [-0.1, -0.05) is 12.8 Å². The summed E-state index contributed by atoms with van der Waals surface area (Å²) in [6.07, 6.45) is 5.13. The summed E-state index contributed by atoms with van der Waals surface area (Å²) < 4.78 is 0. The summed E-state index contributed by atoms with van der Waals surface area (Å²) >= 11 is 1.68. The van der Waals surface area contributed by atoms with Crippen LogP contribution in [0.3, 0.4) is 0 Å². The maximum absolute atomic E-state index is 12.1. The van der Waals surface area contributed by atoms with E-state index in [9.17, 15) is 9.90 Å². The number of thiazole rings is 1. The minimum absolute atomic E-state index is 0.272. The number of rotatable bonds is 4. The van der Waals surface area contributed by atoms with Gasteiger partial charge in [-0.15, -0.1) is 11.3 Å². The summed E-state index contributed by atoms with van der Waals surface area (Å²) in [6.45, 7) is 6.20. The molecule has 1 aromatic heterocycles. The van der Waals surface area contributed by atoms with Gasteiger partial charge in [0.15, 0.2) is 0 Å². The van der Waals surface area contributed by atoms with E-state index in [0.29, 0.717) is 12.6 Å². The molecule has 4 rings (SSSR count). The first kappa shape index (κ1) is 15.5. The Morgan fingerprint density at radius 1 is 1.39 bits per heavy atom. The Hall–Kier alpha value is -0.980. The lowest BCUT2D eigenvalue weighted by atomic mass is 9.81. The number of hydrogen-bond donors (Lipinski definition) is 1. The van der Waals surface area contributed by atoms with Gasteiger partial charge in [0.2, 0.25) is 0 Å². The number of carbonyl (C=O) groups is 1. The van der Waals surface area contributed by atoms with Crippen LogP contribution in [0.15, 0.2) is 5.51 Å². The Morgan fingerprint density at radius 2 is 2.17 bits per heavy atom. The summed E-state index contributed by atoms with van der Waals surface area (Å²) in [5.74, 6) is -0.319. The van der Waals surface area contributed by atoms with Crippen LogP contribution in [0.1, 0.15) is 36.3 Å². The Kier molecular flexibility index (Phi) is 3.94. The smallest absolute Gasteiger partial charge is 0.312 e. The predicted molar refractivity (Wildman–Crippen MR) is 89.5 cm³/mol. The molecule has 0 aromatic carbocycles. The highest BCUT2D eigenvalue weighted by molar-refractivity contribution is 7.09. The molecule has 0 unspecified atom stereocenters. The molecule has 0 bridgehead atoms. The second kappa shape index (κ2) is 5.83. The van der Waals surface area contributed by atoms with Gasteiger partial charge in [-0.05, 0) is 19.8 Å². The van der Waals surface area contributed by atoms with E-state index < -0.39 is 11.4 Å². The number of aliphatic carboxylic acids is 1. The van der Waals surface area contributed by atoms with Crippen LogP contribution in [0, 0.1) is 18.3 Å². The number of likely N-dealkylation sites (tertiary alicyclic amines) is 2. The van der Waals surface area contributed by atoms with Gasteiger partial charge < -0.3 is 5.11 Å². The van der Waals surface area contributed by atoms with Crippen molar-refractivity contribution in [1.29, 1.82) is 0 Å². The van der Waals surface area contributed by atoms with E-state index in [1.54, 1.807) is 11.3 Å². The van der Waals surface area contributed by atoms with E-state index >= 15 is 0 Å². The molecule has 3 fully saturated rings. The Bertz CT molecular complexity index is 598. The van der Waals surface area contributed by atoms with Crippen molar-refractivity contribution in [1.82, 2.24) is 14.8 Å². The highest BCUT2D eigenvalue weighted by atomic mass is 32.1. The number of aromatic nitrogens is 1. The number of fused-ring (bicyclic) bond motifs is 1. The number of carboxylic acid groups (broad SMARTS) is 1. The van der Waals surface area contributed by atoms with Gasteiger partial charge in [0.25, 0.3) is 0 Å². The molecule has 0 radical (unpaired) electrons. The molecule has 5 nitrogen and oxygen atoms in total. The monoisotopic (exact) mass is 335 g/mol. The minimum atomic E-state index is -0.591. The molecule has 1 aromatic rings. The van der Waals surface area contributed by atoms with Crippen molar-refractivity contribution in [2.75, 3.05) is 26.2 Å². The fraction of sp³-hybridized carbons (Fsp3) is 0.765. The topological polar surface area (TPSA) is 56.7 Å². The summed E-state index contributed by atoms with van der Waals surface area (Å²) in [4.78, 5) is 22.5. The Balaban J connectivity index is 1.48. The lowest BCUT2D eigenvalue weighted by molar-refractivity contribution is -0.149. The highest BCUT2D eigenvalue weighted by Crippen LogP contribution is 2.45. The maximum Gasteiger partial charge on any atom is 0.312 e. The number of carboxylic acids is 1. The summed E-state index contributed by atoms with van der Waals surface area (Å²) in [6, 6.07) is 0.633. The molecule has 23 heavy (non-hydrogen) atoms. The summed E-state index contributed by atoms with van der Waals surface area (Å²) in [7, 11) is 0. The molecule has 0 spiro atoms. The highest BCUT2D eigenvalue weighted by Gasteiger charge is 2.58. The van der Waals surface area contributed by atoms with Gasteiger partial charge in [0.1, 0.15) is 0 Å². The summed E-state index contributed by atoms with van der Waals surface area (Å²) in [5.41, 5.74) is 2.42. The molecule has 1 saturated carbocycles. The third-order valence-electron chi connectivity index (χ3n) is 6.19. The van der Waals surface area contributed by atoms with Crippen molar-refractivity contribution >= 4 is 17.3 Å². The number of nitrogens with zero attached hydrogens (tertiary/aromatic N) is 3. The van der Waals surface area contributed by atoms with E-state index in [1.165, 1.54) is 30.6 Å². The van der Waals surface area contributed by atoms with Crippen LogP contribution in [-0.2, 0) is 11.3 Å². The number of hydrogen-bond acceptors (Lipinski definition) is 5. The largest absolute Gasteiger partial charge is 0.481 e.